The molecule has 0 heteroatoms. The molecule has 0 heterocycles. The smallest absolute Gasteiger partial charge is 0.000666 e. The minimum atomic E-state index is 0.300. The molecule has 2 rings (SSSR count). The van der Waals surface area contributed by atoms with E-state index in [0.717, 1.165) is 6.42 Å². The fourth-order valence-corrected chi connectivity index (χ4v) is 3.50. The van der Waals surface area contributed by atoms with Crippen molar-refractivity contribution in [2.45, 2.75) is 64.2 Å². The van der Waals surface area contributed by atoms with E-state index in [2.05, 4.69) is 74.5 Å². The van der Waals surface area contributed by atoms with Gasteiger partial charge in [0.1, 0.15) is 0 Å². The molecule has 118 valence electrons. The van der Waals surface area contributed by atoms with Crippen LogP contribution in [0.1, 0.15) is 63.5 Å². The van der Waals surface area contributed by atoms with E-state index in [1.54, 1.807) is 0 Å². The molecule has 0 saturated heterocycles. The van der Waals surface area contributed by atoms with Crippen LogP contribution >= 0.6 is 0 Å². The van der Waals surface area contributed by atoms with Crippen LogP contribution in [0.3, 0.4) is 0 Å². The van der Waals surface area contributed by atoms with Crippen molar-refractivity contribution in [3.8, 4) is 0 Å². The first-order valence-electron chi connectivity index (χ1n) is 8.90. The van der Waals surface area contributed by atoms with Crippen molar-refractivity contribution in [2.75, 3.05) is 0 Å². The van der Waals surface area contributed by atoms with Crippen molar-refractivity contribution >= 4 is 0 Å². The molecule has 0 N–H and O–H groups in total. The van der Waals surface area contributed by atoms with E-state index in [-0.39, 0.29) is 0 Å². The molecule has 0 radical (unpaired) electrons. The predicted molar refractivity (Wildman–Crippen MR) is 97.3 cm³/mol. The van der Waals surface area contributed by atoms with Crippen LogP contribution < -0.4 is 0 Å². The Balaban J connectivity index is 2.34. The molecular formula is C22H30. The average Bonchev–Trinajstić information content (AvgIpc) is 2.59. The first-order chi connectivity index (χ1) is 10.8. The number of benzene rings is 2. The van der Waals surface area contributed by atoms with E-state index in [0.29, 0.717) is 5.41 Å². The maximum atomic E-state index is 2.34. The average molecular weight is 294 g/mol. The summed E-state index contributed by atoms with van der Waals surface area (Å²) in [6.07, 6.45) is 8.92. The van der Waals surface area contributed by atoms with E-state index in [9.17, 15) is 0 Å². The summed E-state index contributed by atoms with van der Waals surface area (Å²) in [5, 5.41) is 0. The Labute approximate surface area is 136 Å². The molecule has 0 atom stereocenters. The molecular weight excluding hydrogens is 264 g/mol. The fourth-order valence-electron chi connectivity index (χ4n) is 3.50. The first-order valence-corrected chi connectivity index (χ1v) is 8.90. The molecule has 0 unspecified atom stereocenters. The van der Waals surface area contributed by atoms with Gasteiger partial charge in [-0.25, -0.2) is 0 Å². The molecule has 0 aliphatic carbocycles. The summed E-state index contributed by atoms with van der Waals surface area (Å²) >= 11 is 0. The molecule has 22 heavy (non-hydrogen) atoms. The molecule has 0 bridgehead atoms. The lowest BCUT2D eigenvalue weighted by molar-refractivity contribution is 0.338. The molecule has 0 aliphatic rings. The quantitative estimate of drug-likeness (QED) is 0.492. The molecule has 0 aromatic heterocycles. The number of hydrogen-bond donors (Lipinski definition) is 0. The van der Waals surface area contributed by atoms with Crippen molar-refractivity contribution < 1.29 is 0 Å². The fraction of sp³-hybridized carbons (Fsp3) is 0.455. The number of unbranched alkanes of at least 4 members (excludes halogenated alkanes) is 2. The van der Waals surface area contributed by atoms with Crippen LogP contribution in [0.5, 0.6) is 0 Å². The van der Waals surface area contributed by atoms with Gasteiger partial charge < -0.3 is 0 Å². The van der Waals surface area contributed by atoms with Gasteiger partial charge in [-0.15, -0.1) is 0 Å². The van der Waals surface area contributed by atoms with Gasteiger partial charge in [0.05, 0.1) is 0 Å². The van der Waals surface area contributed by atoms with Gasteiger partial charge in [-0.2, -0.15) is 0 Å². The normalized spacial score (nSPS) is 11.5. The standard InChI is InChI=1S/C22H30/c1-3-5-17-22(18-6-4-2,21-15-11-8-12-16-21)19-20-13-9-7-10-14-20/h7-16H,3-6,17-19H2,1-2H3. The van der Waals surface area contributed by atoms with Crippen molar-refractivity contribution in [1.29, 1.82) is 0 Å². The largest absolute Gasteiger partial charge is 0.0654 e. The summed E-state index contributed by atoms with van der Waals surface area (Å²) in [5.74, 6) is 0. The second kappa shape index (κ2) is 8.78. The zero-order chi connectivity index (χ0) is 15.7. The SMILES string of the molecule is CCCCC(CCCC)(Cc1ccccc1)c1ccccc1. The van der Waals surface area contributed by atoms with Crippen LogP contribution in [0.4, 0.5) is 0 Å². The van der Waals surface area contributed by atoms with Crippen LogP contribution in [-0.4, -0.2) is 0 Å². The highest BCUT2D eigenvalue weighted by molar-refractivity contribution is 5.29. The summed E-state index contributed by atoms with van der Waals surface area (Å²) in [6, 6.07) is 22.3. The van der Waals surface area contributed by atoms with Crippen LogP contribution in [0.15, 0.2) is 60.7 Å². The Morgan fingerprint density at radius 2 is 1.18 bits per heavy atom. The Morgan fingerprint density at radius 3 is 1.68 bits per heavy atom. The van der Waals surface area contributed by atoms with Gasteiger partial charge in [-0.1, -0.05) is 100 Å². The van der Waals surface area contributed by atoms with Gasteiger partial charge in [-0.05, 0) is 35.8 Å². The van der Waals surface area contributed by atoms with Crippen LogP contribution in [0.2, 0.25) is 0 Å². The summed E-state index contributed by atoms with van der Waals surface area (Å²) in [6.45, 7) is 4.61. The highest BCUT2D eigenvalue weighted by atomic mass is 14.3. The highest BCUT2D eigenvalue weighted by Gasteiger charge is 2.31. The van der Waals surface area contributed by atoms with E-state index in [1.807, 2.05) is 0 Å². The molecule has 2 aromatic carbocycles. The van der Waals surface area contributed by atoms with Crippen molar-refractivity contribution in [1.82, 2.24) is 0 Å². The summed E-state index contributed by atoms with van der Waals surface area (Å²) in [4.78, 5) is 0. The third-order valence-corrected chi connectivity index (χ3v) is 4.79. The van der Waals surface area contributed by atoms with E-state index >= 15 is 0 Å². The zero-order valence-corrected chi connectivity index (χ0v) is 14.2. The lowest BCUT2D eigenvalue weighted by atomic mass is 9.69. The Bertz CT molecular complexity index is 504. The monoisotopic (exact) mass is 294 g/mol. The molecule has 0 nitrogen and oxygen atoms in total. The first kappa shape index (κ1) is 16.8. The number of hydrogen-bond acceptors (Lipinski definition) is 0. The Kier molecular flexibility index (Phi) is 6.71. The second-order valence-corrected chi connectivity index (χ2v) is 6.52. The van der Waals surface area contributed by atoms with Gasteiger partial charge in [-0.3, -0.25) is 0 Å². The third kappa shape index (κ3) is 4.47. The highest BCUT2D eigenvalue weighted by Crippen LogP contribution is 2.38. The van der Waals surface area contributed by atoms with Crippen LogP contribution in [0.25, 0.3) is 0 Å². The lowest BCUT2D eigenvalue weighted by Gasteiger charge is -2.35. The topological polar surface area (TPSA) is 0 Å². The minimum absolute atomic E-state index is 0.300. The van der Waals surface area contributed by atoms with Gasteiger partial charge in [0.2, 0.25) is 0 Å². The molecule has 0 saturated carbocycles. The maximum Gasteiger partial charge on any atom is -0.000666 e. The summed E-state index contributed by atoms with van der Waals surface area (Å²) < 4.78 is 0. The van der Waals surface area contributed by atoms with Crippen molar-refractivity contribution in [2.24, 2.45) is 0 Å². The van der Waals surface area contributed by atoms with Crippen LogP contribution in [0, 0.1) is 0 Å². The third-order valence-electron chi connectivity index (χ3n) is 4.79. The summed E-state index contributed by atoms with van der Waals surface area (Å²) in [7, 11) is 0. The van der Waals surface area contributed by atoms with Crippen molar-refractivity contribution in [3.63, 3.8) is 0 Å². The lowest BCUT2D eigenvalue weighted by Crippen LogP contribution is -2.29. The van der Waals surface area contributed by atoms with Gasteiger partial charge >= 0.3 is 0 Å². The van der Waals surface area contributed by atoms with Gasteiger partial charge in [0.15, 0.2) is 0 Å². The van der Waals surface area contributed by atoms with E-state index in [1.165, 1.54) is 49.7 Å². The zero-order valence-electron chi connectivity index (χ0n) is 14.2. The minimum Gasteiger partial charge on any atom is -0.0654 e. The van der Waals surface area contributed by atoms with E-state index < -0.39 is 0 Å². The van der Waals surface area contributed by atoms with Crippen LogP contribution in [-0.2, 0) is 11.8 Å². The predicted octanol–water partition coefficient (Wildman–Crippen LogP) is 6.55. The summed E-state index contributed by atoms with van der Waals surface area (Å²) in [5.41, 5.74) is 3.30. The molecule has 0 aliphatic heterocycles. The maximum absolute atomic E-state index is 2.34. The Morgan fingerprint density at radius 1 is 0.682 bits per heavy atom. The molecule has 0 spiro atoms. The van der Waals surface area contributed by atoms with Crippen molar-refractivity contribution in [3.05, 3.63) is 71.8 Å². The number of rotatable bonds is 9. The Hall–Kier alpha value is -1.56. The molecule has 0 fully saturated rings. The molecule has 0 amide bonds. The van der Waals surface area contributed by atoms with Gasteiger partial charge in [0, 0.05) is 0 Å². The van der Waals surface area contributed by atoms with E-state index in [4.69, 9.17) is 0 Å². The molecule has 2 aromatic rings. The second-order valence-electron chi connectivity index (χ2n) is 6.52. The van der Waals surface area contributed by atoms with Gasteiger partial charge in [0.25, 0.3) is 0 Å².